The Balaban J connectivity index is 1.75. The van der Waals surface area contributed by atoms with Crippen molar-refractivity contribution in [1.82, 2.24) is 14.1 Å². The van der Waals surface area contributed by atoms with Gasteiger partial charge in [-0.15, -0.1) is 0 Å². The zero-order valence-corrected chi connectivity index (χ0v) is 17.6. The van der Waals surface area contributed by atoms with Gasteiger partial charge in [-0.3, -0.25) is 9.69 Å². The summed E-state index contributed by atoms with van der Waals surface area (Å²) in [6.07, 6.45) is 1.71. The summed E-state index contributed by atoms with van der Waals surface area (Å²) >= 11 is 6.18. The van der Waals surface area contributed by atoms with E-state index in [1.807, 2.05) is 0 Å². The summed E-state index contributed by atoms with van der Waals surface area (Å²) < 4.78 is 27.2. The Morgan fingerprint density at radius 3 is 2.30 bits per heavy atom. The molecule has 2 saturated heterocycles. The van der Waals surface area contributed by atoms with E-state index in [-0.39, 0.29) is 15.8 Å². The number of nitrogens with zero attached hydrogens (tertiary/aromatic N) is 3. The summed E-state index contributed by atoms with van der Waals surface area (Å²) in [7, 11) is -3.66. The van der Waals surface area contributed by atoms with Crippen molar-refractivity contribution in [1.29, 1.82) is 0 Å². The molecule has 6 nitrogen and oxygen atoms in total. The Morgan fingerprint density at radius 2 is 1.70 bits per heavy atom. The normalized spacial score (nSPS) is 19.8. The quantitative estimate of drug-likeness (QED) is 0.744. The van der Waals surface area contributed by atoms with E-state index in [2.05, 4.69) is 18.7 Å². The van der Waals surface area contributed by atoms with Crippen molar-refractivity contribution < 1.29 is 13.2 Å². The zero-order chi connectivity index (χ0) is 19.6. The number of hydrogen-bond donors (Lipinski definition) is 0. The number of sulfonamides is 1. The van der Waals surface area contributed by atoms with E-state index in [0.29, 0.717) is 37.7 Å². The number of hydrogen-bond acceptors (Lipinski definition) is 4. The topological polar surface area (TPSA) is 60.9 Å². The van der Waals surface area contributed by atoms with Crippen LogP contribution in [-0.2, 0) is 10.0 Å². The van der Waals surface area contributed by atoms with Gasteiger partial charge < -0.3 is 4.90 Å². The fraction of sp³-hybridized carbons (Fsp3) is 0.632. The first-order chi connectivity index (χ1) is 12.8. The third-order valence-corrected chi connectivity index (χ3v) is 7.52. The maximum atomic E-state index is 12.9. The van der Waals surface area contributed by atoms with Crippen molar-refractivity contribution in [2.45, 2.75) is 31.6 Å². The van der Waals surface area contributed by atoms with Crippen molar-refractivity contribution in [3.8, 4) is 0 Å². The summed E-state index contributed by atoms with van der Waals surface area (Å²) in [5.41, 5.74) is 0.384. The summed E-state index contributed by atoms with van der Waals surface area (Å²) in [5.74, 6) is 0.468. The van der Waals surface area contributed by atoms with Gasteiger partial charge in [0.25, 0.3) is 5.91 Å². The molecule has 0 bridgehead atoms. The lowest BCUT2D eigenvalue weighted by molar-refractivity contribution is 0.0623. The Morgan fingerprint density at radius 1 is 1.07 bits per heavy atom. The molecule has 1 aromatic carbocycles. The van der Waals surface area contributed by atoms with Gasteiger partial charge >= 0.3 is 0 Å². The maximum absolute atomic E-state index is 12.9. The molecule has 0 N–H and O–H groups in total. The number of benzene rings is 1. The minimum atomic E-state index is -3.66. The Bertz CT molecular complexity index is 783. The fourth-order valence-electron chi connectivity index (χ4n) is 3.73. The second kappa shape index (κ2) is 8.47. The number of halogens is 1. The molecule has 0 atom stereocenters. The summed E-state index contributed by atoms with van der Waals surface area (Å²) in [6, 6.07) is 4.58. The van der Waals surface area contributed by atoms with Crippen molar-refractivity contribution in [3.05, 3.63) is 28.8 Å². The minimum absolute atomic E-state index is 0.0374. The minimum Gasteiger partial charge on any atom is -0.336 e. The number of piperazine rings is 1. The molecule has 0 radical (unpaired) electrons. The lowest BCUT2D eigenvalue weighted by atomic mass is 10.1. The molecule has 2 aliphatic rings. The van der Waals surface area contributed by atoms with Crippen molar-refractivity contribution in [3.63, 3.8) is 0 Å². The van der Waals surface area contributed by atoms with Gasteiger partial charge in [0.1, 0.15) is 4.90 Å². The molecule has 1 aromatic rings. The molecule has 0 saturated carbocycles. The van der Waals surface area contributed by atoms with Gasteiger partial charge in [-0.25, -0.2) is 8.42 Å². The second-order valence-electron chi connectivity index (χ2n) is 7.74. The van der Waals surface area contributed by atoms with Crippen LogP contribution in [0, 0.1) is 5.92 Å². The van der Waals surface area contributed by atoms with Gasteiger partial charge in [0.2, 0.25) is 10.0 Å². The van der Waals surface area contributed by atoms with Crippen molar-refractivity contribution in [2.75, 3.05) is 45.8 Å². The highest BCUT2D eigenvalue weighted by Gasteiger charge is 2.30. The fourth-order valence-corrected chi connectivity index (χ4v) is 5.75. The molecule has 2 aliphatic heterocycles. The second-order valence-corrected chi connectivity index (χ2v) is 10.1. The molecule has 2 fully saturated rings. The number of amides is 1. The molecule has 0 spiro atoms. The standard InChI is InChI=1S/C19H28ClN3O3S/c1-15(2)14-21-9-11-22(12-10-21)19(24)16-5-6-17(20)18(13-16)27(25,26)23-7-3-4-8-23/h5-6,13,15H,3-4,7-12,14H2,1-2H3. The number of rotatable bonds is 5. The van der Waals surface area contributed by atoms with Crippen molar-refractivity contribution in [2.24, 2.45) is 5.92 Å². The molecular weight excluding hydrogens is 386 g/mol. The Hall–Kier alpha value is -1.15. The molecule has 0 unspecified atom stereocenters. The van der Waals surface area contributed by atoms with Crippen LogP contribution in [0.5, 0.6) is 0 Å². The molecule has 1 amide bonds. The predicted octanol–water partition coefficient (Wildman–Crippen LogP) is 2.54. The van der Waals surface area contributed by atoms with E-state index < -0.39 is 10.0 Å². The van der Waals surface area contributed by atoms with Crippen molar-refractivity contribution >= 4 is 27.5 Å². The predicted molar refractivity (Wildman–Crippen MR) is 107 cm³/mol. The summed E-state index contributed by atoms with van der Waals surface area (Å²) in [6.45, 7) is 9.42. The van der Waals surface area contributed by atoms with Gasteiger partial charge in [0.15, 0.2) is 0 Å². The van der Waals surface area contributed by atoms with Crippen LogP contribution < -0.4 is 0 Å². The largest absolute Gasteiger partial charge is 0.336 e. The Kier molecular flexibility index (Phi) is 6.46. The van der Waals surface area contributed by atoms with Gasteiger partial charge in [0.05, 0.1) is 5.02 Å². The van der Waals surface area contributed by atoms with E-state index >= 15 is 0 Å². The van der Waals surface area contributed by atoms with Crippen LogP contribution in [0.3, 0.4) is 0 Å². The summed E-state index contributed by atoms with van der Waals surface area (Å²) in [5, 5.41) is 0.167. The molecule has 150 valence electrons. The molecule has 3 rings (SSSR count). The van der Waals surface area contributed by atoms with Gasteiger partial charge in [0, 0.05) is 51.4 Å². The third-order valence-electron chi connectivity index (χ3n) is 5.14. The molecule has 0 aromatic heterocycles. The molecule has 8 heteroatoms. The average molecular weight is 414 g/mol. The van der Waals surface area contributed by atoms with Crippen LogP contribution >= 0.6 is 11.6 Å². The first kappa shape index (κ1) is 20.6. The Labute approximate surface area is 167 Å². The maximum Gasteiger partial charge on any atom is 0.253 e. The van der Waals surface area contributed by atoms with E-state index in [1.54, 1.807) is 11.0 Å². The summed E-state index contributed by atoms with van der Waals surface area (Å²) in [4.78, 5) is 17.1. The first-order valence-corrected chi connectivity index (χ1v) is 11.4. The van der Waals surface area contributed by atoms with E-state index in [4.69, 9.17) is 11.6 Å². The number of carbonyl (C=O) groups excluding carboxylic acids is 1. The smallest absolute Gasteiger partial charge is 0.253 e. The lowest BCUT2D eigenvalue weighted by Crippen LogP contribution is -2.49. The van der Waals surface area contributed by atoms with Crippen LogP contribution in [0.15, 0.2) is 23.1 Å². The van der Waals surface area contributed by atoms with Crippen LogP contribution in [0.2, 0.25) is 5.02 Å². The van der Waals surface area contributed by atoms with E-state index in [9.17, 15) is 13.2 Å². The zero-order valence-electron chi connectivity index (χ0n) is 16.0. The van der Waals surface area contributed by atoms with E-state index in [0.717, 1.165) is 32.5 Å². The van der Waals surface area contributed by atoms with Crippen LogP contribution in [0.1, 0.15) is 37.0 Å². The van der Waals surface area contributed by atoms with Gasteiger partial charge in [-0.1, -0.05) is 25.4 Å². The first-order valence-electron chi connectivity index (χ1n) is 9.60. The van der Waals surface area contributed by atoms with E-state index in [1.165, 1.54) is 16.4 Å². The highest BCUT2D eigenvalue weighted by Crippen LogP contribution is 2.28. The molecule has 0 aliphatic carbocycles. The highest BCUT2D eigenvalue weighted by atomic mass is 35.5. The monoisotopic (exact) mass is 413 g/mol. The van der Waals surface area contributed by atoms with Crippen LogP contribution in [0.25, 0.3) is 0 Å². The third kappa shape index (κ3) is 4.65. The van der Waals surface area contributed by atoms with Gasteiger partial charge in [-0.2, -0.15) is 4.31 Å². The molecular formula is C19H28ClN3O3S. The molecule has 2 heterocycles. The van der Waals surface area contributed by atoms with Crippen LogP contribution in [-0.4, -0.2) is 74.2 Å². The molecule has 27 heavy (non-hydrogen) atoms. The number of carbonyl (C=O) groups is 1. The SMILES string of the molecule is CC(C)CN1CCN(C(=O)c2ccc(Cl)c(S(=O)(=O)N3CCCC3)c2)CC1. The average Bonchev–Trinajstić information content (AvgIpc) is 3.17. The van der Waals surface area contributed by atoms with Crippen LogP contribution in [0.4, 0.5) is 0 Å². The highest BCUT2D eigenvalue weighted by molar-refractivity contribution is 7.89. The van der Waals surface area contributed by atoms with Gasteiger partial charge in [-0.05, 0) is 37.0 Å². The lowest BCUT2D eigenvalue weighted by Gasteiger charge is -2.35.